The maximum atomic E-state index is 5.50. The van der Waals surface area contributed by atoms with Crippen LogP contribution in [0.1, 0.15) is 19.8 Å². The molecule has 0 radical (unpaired) electrons. The second-order valence-corrected chi connectivity index (χ2v) is 4.96. The van der Waals surface area contributed by atoms with E-state index in [2.05, 4.69) is 24.2 Å². The van der Waals surface area contributed by atoms with Gasteiger partial charge in [0.1, 0.15) is 0 Å². The van der Waals surface area contributed by atoms with Crippen LogP contribution in [0.25, 0.3) is 0 Å². The SMILES string of the molecule is CNC1(CN2CCC(C)C2)CCOC1. The average molecular weight is 198 g/mol. The van der Waals surface area contributed by atoms with E-state index in [0.29, 0.717) is 0 Å². The van der Waals surface area contributed by atoms with Gasteiger partial charge in [0, 0.05) is 19.7 Å². The zero-order chi connectivity index (χ0) is 10.0. The minimum absolute atomic E-state index is 0.240. The molecule has 2 atom stereocenters. The van der Waals surface area contributed by atoms with E-state index < -0.39 is 0 Å². The van der Waals surface area contributed by atoms with Gasteiger partial charge in [0.05, 0.1) is 12.1 Å². The summed E-state index contributed by atoms with van der Waals surface area (Å²) >= 11 is 0. The summed E-state index contributed by atoms with van der Waals surface area (Å²) in [4.78, 5) is 2.58. The van der Waals surface area contributed by atoms with Crippen molar-refractivity contribution in [3.05, 3.63) is 0 Å². The van der Waals surface area contributed by atoms with Gasteiger partial charge in [-0.15, -0.1) is 0 Å². The summed E-state index contributed by atoms with van der Waals surface area (Å²) in [7, 11) is 2.06. The number of likely N-dealkylation sites (N-methyl/N-ethyl adjacent to an activating group) is 1. The zero-order valence-electron chi connectivity index (χ0n) is 9.38. The number of rotatable bonds is 3. The number of ether oxygens (including phenoxy) is 1. The maximum Gasteiger partial charge on any atom is 0.0661 e. The van der Waals surface area contributed by atoms with Crippen molar-refractivity contribution < 1.29 is 4.74 Å². The van der Waals surface area contributed by atoms with E-state index in [1.807, 2.05) is 0 Å². The first-order valence-corrected chi connectivity index (χ1v) is 5.73. The fraction of sp³-hybridized carbons (Fsp3) is 1.00. The molecular formula is C11H22N2O. The van der Waals surface area contributed by atoms with Gasteiger partial charge in [0.15, 0.2) is 0 Å². The van der Waals surface area contributed by atoms with Crippen LogP contribution in [-0.2, 0) is 4.74 Å². The van der Waals surface area contributed by atoms with Gasteiger partial charge in [0.2, 0.25) is 0 Å². The van der Waals surface area contributed by atoms with Crippen LogP contribution in [0.5, 0.6) is 0 Å². The summed E-state index contributed by atoms with van der Waals surface area (Å²) in [6.07, 6.45) is 2.52. The molecule has 2 unspecified atom stereocenters. The molecule has 0 aliphatic carbocycles. The Kier molecular flexibility index (Phi) is 3.10. The van der Waals surface area contributed by atoms with Crippen LogP contribution < -0.4 is 5.32 Å². The molecule has 2 rings (SSSR count). The van der Waals surface area contributed by atoms with Crippen molar-refractivity contribution >= 4 is 0 Å². The van der Waals surface area contributed by atoms with E-state index in [0.717, 1.165) is 32.1 Å². The number of hydrogen-bond acceptors (Lipinski definition) is 3. The smallest absolute Gasteiger partial charge is 0.0661 e. The van der Waals surface area contributed by atoms with E-state index >= 15 is 0 Å². The highest BCUT2D eigenvalue weighted by atomic mass is 16.5. The second kappa shape index (κ2) is 4.17. The molecule has 0 aromatic rings. The van der Waals surface area contributed by atoms with Gasteiger partial charge in [-0.1, -0.05) is 6.92 Å². The lowest BCUT2D eigenvalue weighted by Gasteiger charge is -2.31. The van der Waals surface area contributed by atoms with Crippen molar-refractivity contribution in [2.24, 2.45) is 5.92 Å². The summed E-state index contributed by atoms with van der Waals surface area (Å²) in [5, 5.41) is 3.45. The highest BCUT2D eigenvalue weighted by Crippen LogP contribution is 2.23. The van der Waals surface area contributed by atoms with Crippen molar-refractivity contribution in [1.82, 2.24) is 10.2 Å². The Labute approximate surface area is 86.8 Å². The fourth-order valence-corrected chi connectivity index (χ4v) is 2.61. The predicted octanol–water partition coefficient (Wildman–Crippen LogP) is 0.707. The lowest BCUT2D eigenvalue weighted by molar-refractivity contribution is 0.146. The van der Waals surface area contributed by atoms with E-state index in [1.165, 1.54) is 19.5 Å². The second-order valence-electron chi connectivity index (χ2n) is 4.96. The van der Waals surface area contributed by atoms with Gasteiger partial charge < -0.3 is 15.0 Å². The first kappa shape index (κ1) is 10.4. The van der Waals surface area contributed by atoms with E-state index in [9.17, 15) is 0 Å². The summed E-state index contributed by atoms with van der Waals surface area (Å²) in [6, 6.07) is 0. The van der Waals surface area contributed by atoms with Crippen molar-refractivity contribution in [3.8, 4) is 0 Å². The minimum Gasteiger partial charge on any atom is -0.379 e. The Balaban J connectivity index is 1.88. The lowest BCUT2D eigenvalue weighted by atomic mass is 9.98. The number of hydrogen-bond donors (Lipinski definition) is 1. The highest BCUT2D eigenvalue weighted by molar-refractivity contribution is 4.94. The largest absolute Gasteiger partial charge is 0.379 e. The first-order chi connectivity index (χ1) is 6.74. The van der Waals surface area contributed by atoms with E-state index in [-0.39, 0.29) is 5.54 Å². The maximum absolute atomic E-state index is 5.50. The van der Waals surface area contributed by atoms with Crippen LogP contribution in [0.15, 0.2) is 0 Å². The minimum atomic E-state index is 0.240. The van der Waals surface area contributed by atoms with Gasteiger partial charge in [-0.3, -0.25) is 0 Å². The number of nitrogens with zero attached hydrogens (tertiary/aromatic N) is 1. The molecule has 14 heavy (non-hydrogen) atoms. The molecule has 82 valence electrons. The molecule has 0 aromatic carbocycles. The van der Waals surface area contributed by atoms with Crippen molar-refractivity contribution in [2.75, 3.05) is 39.9 Å². The van der Waals surface area contributed by atoms with E-state index in [4.69, 9.17) is 4.74 Å². The molecule has 2 fully saturated rings. The molecule has 0 bridgehead atoms. The molecule has 2 heterocycles. The normalized spacial score (nSPS) is 39.4. The van der Waals surface area contributed by atoms with Gasteiger partial charge in [0.25, 0.3) is 0 Å². The molecular weight excluding hydrogens is 176 g/mol. The molecule has 2 aliphatic heterocycles. The molecule has 0 amide bonds. The highest BCUT2D eigenvalue weighted by Gasteiger charge is 2.36. The average Bonchev–Trinajstić information content (AvgIpc) is 2.77. The number of likely N-dealkylation sites (tertiary alicyclic amines) is 1. The monoisotopic (exact) mass is 198 g/mol. The summed E-state index contributed by atoms with van der Waals surface area (Å²) in [5.74, 6) is 0.881. The quantitative estimate of drug-likeness (QED) is 0.723. The molecule has 2 saturated heterocycles. The lowest BCUT2D eigenvalue weighted by Crippen LogP contribution is -2.52. The third kappa shape index (κ3) is 2.10. The Morgan fingerprint density at radius 2 is 2.43 bits per heavy atom. The first-order valence-electron chi connectivity index (χ1n) is 5.73. The Morgan fingerprint density at radius 1 is 1.57 bits per heavy atom. The van der Waals surface area contributed by atoms with E-state index in [1.54, 1.807) is 0 Å². The van der Waals surface area contributed by atoms with Gasteiger partial charge in [-0.2, -0.15) is 0 Å². The molecule has 0 saturated carbocycles. The fourth-order valence-electron chi connectivity index (χ4n) is 2.61. The van der Waals surface area contributed by atoms with Crippen LogP contribution in [-0.4, -0.2) is 50.3 Å². The third-order valence-electron chi connectivity index (χ3n) is 3.67. The van der Waals surface area contributed by atoms with Crippen molar-refractivity contribution in [2.45, 2.75) is 25.3 Å². The van der Waals surface area contributed by atoms with Crippen molar-refractivity contribution in [3.63, 3.8) is 0 Å². The van der Waals surface area contributed by atoms with Gasteiger partial charge in [-0.05, 0) is 32.4 Å². The predicted molar refractivity (Wildman–Crippen MR) is 57.4 cm³/mol. The van der Waals surface area contributed by atoms with Crippen molar-refractivity contribution in [1.29, 1.82) is 0 Å². The molecule has 2 aliphatic rings. The standard InChI is InChI=1S/C11H22N2O/c1-10-3-5-13(7-10)8-11(12-2)4-6-14-9-11/h10,12H,3-9H2,1-2H3. The number of nitrogens with one attached hydrogen (secondary N) is 1. The Morgan fingerprint density at radius 3 is 2.93 bits per heavy atom. The topological polar surface area (TPSA) is 24.5 Å². The molecule has 3 nitrogen and oxygen atoms in total. The third-order valence-corrected chi connectivity index (χ3v) is 3.67. The Bertz CT molecular complexity index is 190. The Hall–Kier alpha value is -0.120. The van der Waals surface area contributed by atoms with Crippen LogP contribution in [0.2, 0.25) is 0 Å². The van der Waals surface area contributed by atoms with Crippen LogP contribution in [0, 0.1) is 5.92 Å². The van der Waals surface area contributed by atoms with Gasteiger partial charge in [-0.25, -0.2) is 0 Å². The van der Waals surface area contributed by atoms with Crippen LogP contribution >= 0.6 is 0 Å². The van der Waals surface area contributed by atoms with Crippen LogP contribution in [0.4, 0.5) is 0 Å². The molecule has 3 heteroatoms. The zero-order valence-corrected chi connectivity index (χ0v) is 9.38. The summed E-state index contributed by atoms with van der Waals surface area (Å²) in [6.45, 7) is 7.84. The van der Waals surface area contributed by atoms with Crippen LogP contribution in [0.3, 0.4) is 0 Å². The summed E-state index contributed by atoms with van der Waals surface area (Å²) in [5.41, 5.74) is 0.240. The molecule has 1 N–H and O–H groups in total. The van der Waals surface area contributed by atoms with Gasteiger partial charge >= 0.3 is 0 Å². The summed E-state index contributed by atoms with van der Waals surface area (Å²) < 4.78 is 5.50. The molecule has 0 aromatic heterocycles. The molecule has 0 spiro atoms.